The van der Waals surface area contributed by atoms with Crippen LogP contribution in [0.3, 0.4) is 0 Å². The van der Waals surface area contributed by atoms with Gasteiger partial charge in [0, 0.05) is 15.6 Å². The number of halogens is 2. The average molecular weight is 465 g/mol. The Morgan fingerprint density at radius 1 is 0.967 bits per heavy atom. The summed E-state index contributed by atoms with van der Waals surface area (Å²) in [6, 6.07) is 18.3. The lowest BCUT2D eigenvalue weighted by Crippen LogP contribution is -2.18. The Hall–Kier alpha value is -2.74. The van der Waals surface area contributed by atoms with Gasteiger partial charge in [0.1, 0.15) is 6.61 Å². The molecule has 0 fully saturated rings. The zero-order valence-corrected chi connectivity index (χ0v) is 18.2. The molecule has 0 saturated carbocycles. The van der Waals surface area contributed by atoms with E-state index < -0.39 is 10.0 Å². The van der Waals surface area contributed by atoms with Crippen molar-refractivity contribution in [3.63, 3.8) is 0 Å². The van der Waals surface area contributed by atoms with Crippen molar-refractivity contribution in [2.75, 3.05) is 7.11 Å². The van der Waals surface area contributed by atoms with E-state index in [1.54, 1.807) is 54.6 Å². The minimum absolute atomic E-state index is 0.123. The molecule has 0 radical (unpaired) electrons. The molecule has 0 unspecified atom stereocenters. The third-order valence-corrected chi connectivity index (χ3v) is 6.01. The Labute approximate surface area is 185 Å². The zero-order chi connectivity index (χ0) is 21.6. The fraction of sp³-hybridized carbons (Fsp3) is 0.0952. The van der Waals surface area contributed by atoms with Crippen molar-refractivity contribution in [2.45, 2.75) is 11.5 Å². The highest BCUT2D eigenvalue weighted by atomic mass is 35.5. The van der Waals surface area contributed by atoms with Crippen LogP contribution in [0.4, 0.5) is 0 Å². The Bertz CT molecular complexity index is 1130. The summed E-state index contributed by atoms with van der Waals surface area (Å²) in [7, 11) is -2.22. The standard InChI is InChI=1S/C21H18Cl2N2O4S/c1-28-20-11-10-15(13-24-25-30(26,27)16-6-3-2-4-7-16)12-21(20)29-14-17-18(22)8-5-9-19(17)23/h2-13,25H,14H2,1H3/b24-13-. The van der Waals surface area contributed by atoms with Crippen LogP contribution < -0.4 is 14.3 Å². The van der Waals surface area contributed by atoms with Gasteiger partial charge in [-0.25, -0.2) is 4.83 Å². The van der Waals surface area contributed by atoms with Crippen molar-refractivity contribution >= 4 is 39.4 Å². The molecule has 0 aliphatic rings. The van der Waals surface area contributed by atoms with Crippen LogP contribution in [0.15, 0.2) is 76.7 Å². The van der Waals surface area contributed by atoms with Crippen LogP contribution in [0.2, 0.25) is 10.0 Å². The first-order valence-electron chi connectivity index (χ1n) is 8.74. The molecule has 0 amide bonds. The Morgan fingerprint density at radius 2 is 1.67 bits per heavy atom. The predicted octanol–water partition coefficient (Wildman–Crippen LogP) is 4.89. The summed E-state index contributed by atoms with van der Waals surface area (Å²) in [4.78, 5) is 2.30. The van der Waals surface area contributed by atoms with Crippen molar-refractivity contribution in [2.24, 2.45) is 5.10 Å². The maximum absolute atomic E-state index is 12.2. The van der Waals surface area contributed by atoms with E-state index >= 15 is 0 Å². The van der Waals surface area contributed by atoms with Gasteiger partial charge in [-0.2, -0.15) is 13.5 Å². The van der Waals surface area contributed by atoms with E-state index in [1.165, 1.54) is 25.5 Å². The van der Waals surface area contributed by atoms with Crippen LogP contribution >= 0.6 is 23.2 Å². The number of methoxy groups -OCH3 is 1. The van der Waals surface area contributed by atoms with Crippen molar-refractivity contribution < 1.29 is 17.9 Å². The number of nitrogens with one attached hydrogen (secondary N) is 1. The number of rotatable bonds is 8. The first-order valence-corrected chi connectivity index (χ1v) is 11.0. The number of hydrogen-bond acceptors (Lipinski definition) is 5. The number of sulfonamides is 1. The maximum Gasteiger partial charge on any atom is 0.276 e. The molecule has 0 saturated heterocycles. The van der Waals surface area contributed by atoms with Gasteiger partial charge in [-0.05, 0) is 48.0 Å². The zero-order valence-electron chi connectivity index (χ0n) is 15.9. The van der Waals surface area contributed by atoms with Crippen molar-refractivity contribution in [3.05, 3.63) is 87.9 Å². The van der Waals surface area contributed by atoms with Gasteiger partial charge < -0.3 is 9.47 Å². The summed E-state index contributed by atoms with van der Waals surface area (Å²) < 4.78 is 35.6. The molecule has 156 valence electrons. The second kappa shape index (κ2) is 9.84. The molecule has 3 aromatic rings. The number of hydrazone groups is 1. The number of nitrogens with zero attached hydrogens (tertiary/aromatic N) is 1. The molecule has 0 aromatic heterocycles. The molecule has 0 atom stereocenters. The Morgan fingerprint density at radius 3 is 2.33 bits per heavy atom. The van der Waals surface area contributed by atoms with Crippen LogP contribution in [0, 0.1) is 0 Å². The molecule has 30 heavy (non-hydrogen) atoms. The SMILES string of the molecule is COc1ccc(/C=N\NS(=O)(=O)c2ccccc2)cc1OCc1c(Cl)cccc1Cl. The van der Waals surface area contributed by atoms with E-state index in [1.807, 2.05) is 0 Å². The van der Waals surface area contributed by atoms with Gasteiger partial charge in [-0.15, -0.1) is 0 Å². The molecule has 0 bridgehead atoms. The summed E-state index contributed by atoms with van der Waals surface area (Å²) in [5.41, 5.74) is 1.25. The fourth-order valence-corrected chi connectivity index (χ4v) is 3.85. The quantitative estimate of drug-likeness (QED) is 0.380. The van der Waals surface area contributed by atoms with E-state index in [9.17, 15) is 8.42 Å². The van der Waals surface area contributed by atoms with Crippen LogP contribution in [0.1, 0.15) is 11.1 Å². The molecule has 0 aliphatic carbocycles. The number of benzene rings is 3. The van der Waals surface area contributed by atoms with E-state index in [0.29, 0.717) is 32.7 Å². The molecular weight excluding hydrogens is 447 g/mol. The largest absolute Gasteiger partial charge is 0.493 e. The monoisotopic (exact) mass is 464 g/mol. The van der Waals surface area contributed by atoms with Crippen LogP contribution in [0.25, 0.3) is 0 Å². The second-order valence-corrected chi connectivity index (χ2v) is 8.54. The summed E-state index contributed by atoms with van der Waals surface area (Å²) in [6.45, 7) is 0.135. The molecule has 1 N–H and O–H groups in total. The van der Waals surface area contributed by atoms with E-state index in [2.05, 4.69) is 9.93 Å². The van der Waals surface area contributed by atoms with Crippen molar-refractivity contribution in [1.82, 2.24) is 4.83 Å². The molecule has 0 heterocycles. The van der Waals surface area contributed by atoms with Crippen LogP contribution in [-0.2, 0) is 16.6 Å². The predicted molar refractivity (Wildman–Crippen MR) is 118 cm³/mol. The summed E-state index contributed by atoms with van der Waals surface area (Å²) >= 11 is 12.4. The van der Waals surface area contributed by atoms with E-state index in [-0.39, 0.29) is 11.5 Å². The van der Waals surface area contributed by atoms with Crippen LogP contribution in [-0.4, -0.2) is 21.7 Å². The topological polar surface area (TPSA) is 77.0 Å². The van der Waals surface area contributed by atoms with Gasteiger partial charge in [-0.1, -0.05) is 47.5 Å². The lowest BCUT2D eigenvalue weighted by atomic mass is 10.2. The lowest BCUT2D eigenvalue weighted by molar-refractivity contribution is 0.284. The summed E-state index contributed by atoms with van der Waals surface area (Å²) in [5.74, 6) is 0.934. The molecule has 3 aromatic carbocycles. The summed E-state index contributed by atoms with van der Waals surface area (Å²) in [6.07, 6.45) is 1.37. The van der Waals surface area contributed by atoms with E-state index in [0.717, 1.165) is 0 Å². The molecule has 0 aliphatic heterocycles. The Kier molecular flexibility index (Phi) is 7.20. The third-order valence-electron chi connectivity index (χ3n) is 4.06. The second-order valence-electron chi connectivity index (χ2n) is 6.07. The van der Waals surface area contributed by atoms with Gasteiger partial charge in [0.2, 0.25) is 0 Å². The van der Waals surface area contributed by atoms with Crippen molar-refractivity contribution in [3.8, 4) is 11.5 Å². The molecule has 0 spiro atoms. The van der Waals surface area contributed by atoms with E-state index in [4.69, 9.17) is 32.7 Å². The first-order chi connectivity index (χ1) is 14.4. The van der Waals surface area contributed by atoms with Gasteiger partial charge in [0.25, 0.3) is 10.0 Å². The minimum Gasteiger partial charge on any atom is -0.493 e. The van der Waals surface area contributed by atoms with Gasteiger partial charge in [0.05, 0.1) is 18.2 Å². The Balaban J connectivity index is 1.75. The average Bonchev–Trinajstić information content (AvgIpc) is 2.74. The van der Waals surface area contributed by atoms with Crippen molar-refractivity contribution in [1.29, 1.82) is 0 Å². The summed E-state index contributed by atoms with van der Waals surface area (Å²) in [5, 5.41) is 4.82. The highest BCUT2D eigenvalue weighted by Gasteiger charge is 2.12. The number of hydrogen-bond donors (Lipinski definition) is 1. The fourth-order valence-electron chi connectivity index (χ4n) is 2.53. The lowest BCUT2D eigenvalue weighted by Gasteiger charge is -2.13. The highest BCUT2D eigenvalue weighted by Crippen LogP contribution is 2.31. The number of ether oxygens (including phenoxy) is 2. The van der Waals surface area contributed by atoms with Gasteiger partial charge in [-0.3, -0.25) is 0 Å². The molecule has 6 nitrogen and oxygen atoms in total. The smallest absolute Gasteiger partial charge is 0.276 e. The highest BCUT2D eigenvalue weighted by molar-refractivity contribution is 7.89. The molecule has 3 rings (SSSR count). The molecule has 9 heteroatoms. The minimum atomic E-state index is -3.74. The first kappa shape index (κ1) is 22.0. The van der Waals surface area contributed by atoms with Gasteiger partial charge in [0.15, 0.2) is 11.5 Å². The maximum atomic E-state index is 12.2. The normalized spacial score (nSPS) is 11.4. The third kappa shape index (κ3) is 5.44. The van der Waals surface area contributed by atoms with Crippen LogP contribution in [0.5, 0.6) is 11.5 Å². The van der Waals surface area contributed by atoms with Gasteiger partial charge >= 0.3 is 0 Å². The molecular formula is C21H18Cl2N2O4S.